The lowest BCUT2D eigenvalue weighted by Crippen LogP contribution is -1.97. The zero-order valence-corrected chi connectivity index (χ0v) is 17.4. The van der Waals surface area contributed by atoms with Crippen molar-refractivity contribution < 1.29 is 12.8 Å². The van der Waals surface area contributed by atoms with E-state index in [9.17, 15) is 12.8 Å². The highest BCUT2D eigenvalue weighted by molar-refractivity contribution is 7.90. The summed E-state index contributed by atoms with van der Waals surface area (Å²) < 4.78 is 36.9. The van der Waals surface area contributed by atoms with Gasteiger partial charge in [-0.05, 0) is 77.6 Å². The molecule has 0 amide bonds. The molecule has 2 aliphatic carbocycles. The SMILES string of the molecule is CC.CS(=O)(=O)c1ccc(C2=C(c3ccc(F)c(Cl)c3)CC3(CC3)C2)cc1. The van der Waals surface area contributed by atoms with Crippen molar-refractivity contribution >= 4 is 32.6 Å². The van der Waals surface area contributed by atoms with Crippen LogP contribution in [0, 0.1) is 11.2 Å². The fourth-order valence-corrected chi connectivity index (χ4v) is 4.51. The van der Waals surface area contributed by atoms with Gasteiger partial charge in [0.2, 0.25) is 0 Å². The highest BCUT2D eigenvalue weighted by Gasteiger charge is 2.48. The van der Waals surface area contributed by atoms with Gasteiger partial charge < -0.3 is 0 Å². The van der Waals surface area contributed by atoms with Crippen LogP contribution in [0.15, 0.2) is 47.4 Å². The molecule has 2 aliphatic rings. The van der Waals surface area contributed by atoms with E-state index in [0.29, 0.717) is 10.3 Å². The summed E-state index contributed by atoms with van der Waals surface area (Å²) in [5.41, 5.74) is 4.75. The Hall–Kier alpha value is -1.65. The monoisotopic (exact) mass is 406 g/mol. The van der Waals surface area contributed by atoms with Crippen molar-refractivity contribution in [1.29, 1.82) is 0 Å². The molecule has 0 atom stereocenters. The number of halogens is 2. The second-order valence-electron chi connectivity index (χ2n) is 7.24. The smallest absolute Gasteiger partial charge is 0.175 e. The molecule has 4 rings (SSSR count). The molecule has 2 aromatic rings. The van der Waals surface area contributed by atoms with Gasteiger partial charge in [-0.2, -0.15) is 0 Å². The summed E-state index contributed by atoms with van der Waals surface area (Å²) in [6, 6.07) is 11.9. The Balaban J connectivity index is 0.00000102. The molecule has 0 aromatic heterocycles. The maximum absolute atomic E-state index is 13.5. The standard InChI is InChI=1S/C20H18ClFO2S.C2H6/c1-25(23,24)15-5-2-13(3-6-15)16-11-20(8-9-20)12-17(16)14-4-7-19(22)18(21)10-14;1-2/h2-7,10H,8-9,11-12H2,1H3;1-2H3. The molecule has 1 spiro atoms. The molecule has 144 valence electrons. The van der Waals surface area contributed by atoms with Gasteiger partial charge in [0.05, 0.1) is 9.92 Å². The van der Waals surface area contributed by atoms with Gasteiger partial charge in [0.1, 0.15) is 5.82 Å². The first kappa shape index (κ1) is 20.1. The molecule has 2 nitrogen and oxygen atoms in total. The molecule has 0 N–H and O–H groups in total. The van der Waals surface area contributed by atoms with Crippen LogP contribution in [0.5, 0.6) is 0 Å². The van der Waals surface area contributed by atoms with Gasteiger partial charge in [0.15, 0.2) is 9.84 Å². The number of rotatable bonds is 3. The molecule has 5 heteroatoms. The van der Waals surface area contributed by atoms with Crippen molar-refractivity contribution in [3.05, 3.63) is 64.4 Å². The van der Waals surface area contributed by atoms with Crippen molar-refractivity contribution in [3.63, 3.8) is 0 Å². The van der Waals surface area contributed by atoms with Crippen LogP contribution in [0.2, 0.25) is 5.02 Å². The molecule has 0 saturated heterocycles. The highest BCUT2D eigenvalue weighted by Crippen LogP contribution is 2.63. The minimum atomic E-state index is -3.20. The maximum Gasteiger partial charge on any atom is 0.175 e. The van der Waals surface area contributed by atoms with Crippen molar-refractivity contribution in [1.82, 2.24) is 0 Å². The van der Waals surface area contributed by atoms with E-state index in [2.05, 4.69) is 0 Å². The summed E-state index contributed by atoms with van der Waals surface area (Å²) in [5, 5.41) is 0.133. The van der Waals surface area contributed by atoms with Crippen LogP contribution < -0.4 is 0 Å². The first-order valence-electron chi connectivity index (χ1n) is 9.25. The number of hydrogen-bond donors (Lipinski definition) is 0. The average Bonchev–Trinajstić information content (AvgIpc) is 3.29. The van der Waals surface area contributed by atoms with Gasteiger partial charge in [0, 0.05) is 6.26 Å². The third-order valence-electron chi connectivity index (χ3n) is 5.32. The number of benzene rings is 2. The Morgan fingerprint density at radius 2 is 1.44 bits per heavy atom. The van der Waals surface area contributed by atoms with Gasteiger partial charge in [-0.15, -0.1) is 0 Å². The molecule has 0 aliphatic heterocycles. The number of allylic oxidation sites excluding steroid dienone is 2. The highest BCUT2D eigenvalue weighted by atomic mass is 35.5. The van der Waals surface area contributed by atoms with Crippen LogP contribution in [-0.2, 0) is 9.84 Å². The fourth-order valence-electron chi connectivity index (χ4n) is 3.70. The van der Waals surface area contributed by atoms with Crippen molar-refractivity contribution in [2.45, 2.75) is 44.4 Å². The van der Waals surface area contributed by atoms with E-state index in [1.54, 1.807) is 24.3 Å². The Kier molecular flexibility index (Phi) is 5.51. The van der Waals surface area contributed by atoms with Gasteiger partial charge in [-0.25, -0.2) is 12.8 Å². The summed E-state index contributed by atoms with van der Waals surface area (Å²) in [5.74, 6) is -0.413. The molecule has 1 saturated carbocycles. The zero-order chi connectivity index (χ0) is 19.8. The molecular weight excluding hydrogens is 383 g/mol. The van der Waals surface area contributed by atoms with Crippen molar-refractivity contribution in [2.24, 2.45) is 5.41 Å². The van der Waals surface area contributed by atoms with E-state index < -0.39 is 15.7 Å². The van der Waals surface area contributed by atoms with E-state index in [4.69, 9.17) is 11.6 Å². The maximum atomic E-state index is 13.5. The molecule has 0 heterocycles. The second kappa shape index (κ2) is 7.40. The molecule has 0 bridgehead atoms. The molecule has 0 radical (unpaired) electrons. The van der Waals surface area contributed by atoms with E-state index >= 15 is 0 Å². The topological polar surface area (TPSA) is 34.1 Å². The minimum Gasteiger partial charge on any atom is -0.224 e. The lowest BCUT2D eigenvalue weighted by Gasteiger charge is -2.10. The molecule has 27 heavy (non-hydrogen) atoms. The van der Waals surface area contributed by atoms with E-state index in [-0.39, 0.29) is 5.02 Å². The van der Waals surface area contributed by atoms with E-state index in [1.165, 1.54) is 36.3 Å². The Morgan fingerprint density at radius 1 is 0.926 bits per heavy atom. The predicted molar refractivity (Wildman–Crippen MR) is 110 cm³/mol. The summed E-state index contributed by atoms with van der Waals surface area (Å²) in [7, 11) is -3.20. The van der Waals surface area contributed by atoms with Crippen LogP contribution in [0.3, 0.4) is 0 Å². The first-order valence-corrected chi connectivity index (χ1v) is 11.5. The van der Waals surface area contributed by atoms with Crippen LogP contribution >= 0.6 is 11.6 Å². The molecule has 0 unspecified atom stereocenters. The Morgan fingerprint density at radius 3 is 1.93 bits per heavy atom. The third kappa shape index (κ3) is 4.12. The number of hydrogen-bond acceptors (Lipinski definition) is 2. The normalized spacial score (nSPS) is 17.7. The summed E-state index contributed by atoms with van der Waals surface area (Å²) in [4.78, 5) is 0.322. The summed E-state index contributed by atoms with van der Waals surface area (Å²) in [6.45, 7) is 4.00. The lowest BCUT2D eigenvalue weighted by atomic mass is 9.97. The summed E-state index contributed by atoms with van der Waals surface area (Å²) >= 11 is 5.98. The second-order valence-corrected chi connectivity index (χ2v) is 9.66. The lowest BCUT2D eigenvalue weighted by molar-refractivity contribution is 0.568. The summed E-state index contributed by atoms with van der Waals surface area (Å²) in [6.07, 6.45) is 5.57. The van der Waals surface area contributed by atoms with Crippen molar-refractivity contribution in [2.75, 3.05) is 6.26 Å². The van der Waals surface area contributed by atoms with Gasteiger partial charge in [-0.3, -0.25) is 0 Å². The largest absolute Gasteiger partial charge is 0.224 e. The van der Waals surface area contributed by atoms with Crippen LogP contribution in [0.1, 0.15) is 50.7 Å². The van der Waals surface area contributed by atoms with Gasteiger partial charge >= 0.3 is 0 Å². The predicted octanol–water partition coefficient (Wildman–Crippen LogP) is 6.39. The molecular formula is C22H24ClFO2S. The van der Waals surface area contributed by atoms with Crippen LogP contribution in [0.4, 0.5) is 4.39 Å². The van der Waals surface area contributed by atoms with Gasteiger partial charge in [-0.1, -0.05) is 43.6 Å². The minimum absolute atomic E-state index is 0.133. The van der Waals surface area contributed by atoms with Crippen molar-refractivity contribution in [3.8, 4) is 0 Å². The fraction of sp³-hybridized carbons (Fsp3) is 0.364. The third-order valence-corrected chi connectivity index (χ3v) is 6.74. The Labute approximate surface area is 166 Å². The average molecular weight is 407 g/mol. The van der Waals surface area contributed by atoms with E-state index in [1.807, 2.05) is 26.0 Å². The molecule has 1 fully saturated rings. The quantitative estimate of drug-likeness (QED) is 0.591. The van der Waals surface area contributed by atoms with E-state index in [0.717, 1.165) is 24.0 Å². The van der Waals surface area contributed by atoms with Gasteiger partial charge in [0.25, 0.3) is 0 Å². The number of sulfone groups is 1. The first-order chi connectivity index (χ1) is 12.8. The van der Waals surface area contributed by atoms with Crippen LogP contribution in [0.25, 0.3) is 11.1 Å². The molecule has 2 aromatic carbocycles. The van der Waals surface area contributed by atoms with Crippen LogP contribution in [-0.4, -0.2) is 14.7 Å². The zero-order valence-electron chi connectivity index (χ0n) is 15.9. The Bertz CT molecular complexity index is 987.